The van der Waals surface area contributed by atoms with Crippen LogP contribution in [0.4, 0.5) is 0 Å². The van der Waals surface area contributed by atoms with E-state index in [4.69, 9.17) is 5.73 Å². The van der Waals surface area contributed by atoms with Gasteiger partial charge in [-0.15, -0.1) is 6.58 Å². The van der Waals surface area contributed by atoms with E-state index in [2.05, 4.69) is 63.4 Å². The molecule has 0 radical (unpaired) electrons. The van der Waals surface area contributed by atoms with E-state index < -0.39 is 0 Å². The lowest BCUT2D eigenvalue weighted by Crippen LogP contribution is -2.40. The van der Waals surface area contributed by atoms with Crippen LogP contribution in [0.5, 0.6) is 0 Å². The Morgan fingerprint density at radius 3 is 2.26 bits per heavy atom. The van der Waals surface area contributed by atoms with Crippen LogP contribution < -0.4 is 5.73 Å². The molecule has 2 nitrogen and oxygen atoms in total. The summed E-state index contributed by atoms with van der Waals surface area (Å²) in [5.74, 6) is 0.431. The predicted octanol–water partition coefficient (Wildman–Crippen LogP) is 3.54. The average molecular weight is 260 g/mol. The Morgan fingerprint density at radius 2 is 1.84 bits per heavy atom. The van der Waals surface area contributed by atoms with E-state index in [-0.39, 0.29) is 5.54 Å². The zero-order chi connectivity index (χ0) is 14.5. The summed E-state index contributed by atoms with van der Waals surface area (Å²) in [7, 11) is 0. The first-order valence-corrected chi connectivity index (χ1v) is 7.03. The van der Waals surface area contributed by atoms with Gasteiger partial charge in [0, 0.05) is 18.6 Å². The smallest absolute Gasteiger partial charge is 0.0242 e. The van der Waals surface area contributed by atoms with Gasteiger partial charge >= 0.3 is 0 Å². The number of nitrogens with two attached hydrogens (primary N) is 1. The summed E-state index contributed by atoms with van der Waals surface area (Å²) in [5, 5.41) is 0. The van der Waals surface area contributed by atoms with E-state index in [0.717, 1.165) is 13.1 Å². The number of hydrogen-bond donors (Lipinski definition) is 1. The highest BCUT2D eigenvalue weighted by Gasteiger charge is 2.19. The summed E-state index contributed by atoms with van der Waals surface area (Å²) >= 11 is 0. The second-order valence-corrected chi connectivity index (χ2v) is 6.22. The molecule has 0 aliphatic heterocycles. The molecule has 0 fully saturated rings. The first-order valence-electron chi connectivity index (χ1n) is 7.03. The molecule has 0 aliphatic rings. The first kappa shape index (κ1) is 15.9. The highest BCUT2D eigenvalue weighted by molar-refractivity contribution is 5.25. The van der Waals surface area contributed by atoms with Gasteiger partial charge in [-0.05, 0) is 44.4 Å². The van der Waals surface area contributed by atoms with Crippen LogP contribution in [0.2, 0.25) is 0 Å². The molecule has 2 heteroatoms. The van der Waals surface area contributed by atoms with Crippen molar-refractivity contribution in [1.82, 2.24) is 4.90 Å². The molecule has 0 amide bonds. The summed E-state index contributed by atoms with van der Waals surface area (Å²) in [6, 6.07) is 8.82. The number of hydrogen-bond acceptors (Lipinski definition) is 2. The van der Waals surface area contributed by atoms with E-state index >= 15 is 0 Å². The molecule has 1 atom stereocenters. The van der Waals surface area contributed by atoms with Gasteiger partial charge in [-0.25, -0.2) is 0 Å². The molecule has 0 spiro atoms. The zero-order valence-electron chi connectivity index (χ0n) is 12.8. The van der Waals surface area contributed by atoms with Gasteiger partial charge in [0.1, 0.15) is 0 Å². The van der Waals surface area contributed by atoms with Gasteiger partial charge < -0.3 is 5.73 Å². The van der Waals surface area contributed by atoms with Crippen LogP contribution in [0.1, 0.15) is 44.7 Å². The molecule has 1 unspecified atom stereocenters. The van der Waals surface area contributed by atoms with Crippen LogP contribution in [0.15, 0.2) is 36.9 Å². The van der Waals surface area contributed by atoms with Crippen molar-refractivity contribution in [3.8, 4) is 0 Å². The quantitative estimate of drug-likeness (QED) is 0.793. The van der Waals surface area contributed by atoms with Crippen molar-refractivity contribution in [3.05, 3.63) is 48.0 Å². The molecule has 0 heterocycles. The Balaban J connectivity index is 2.78. The number of rotatable bonds is 6. The molecular weight excluding hydrogens is 232 g/mol. The molecular formula is C17H28N2. The highest BCUT2D eigenvalue weighted by Crippen LogP contribution is 2.19. The molecule has 1 rings (SSSR count). The Bertz CT molecular complexity index is 387. The summed E-state index contributed by atoms with van der Waals surface area (Å²) in [6.07, 6.45) is 1.97. The fraction of sp³-hybridized carbons (Fsp3) is 0.529. The third-order valence-corrected chi connectivity index (χ3v) is 3.57. The standard InChI is InChI=1S/C17H28N2/c1-6-11-19(17(3,4)5)13-15-7-9-16(10-8-15)14(2)12-18/h6-10,14H,1,11-13,18H2,2-5H3. The van der Waals surface area contributed by atoms with Crippen LogP contribution in [0.25, 0.3) is 0 Å². The van der Waals surface area contributed by atoms with Crippen molar-refractivity contribution in [2.24, 2.45) is 5.73 Å². The maximum Gasteiger partial charge on any atom is 0.0242 e. The first-order chi connectivity index (χ1) is 8.88. The van der Waals surface area contributed by atoms with Crippen molar-refractivity contribution in [1.29, 1.82) is 0 Å². The Morgan fingerprint density at radius 1 is 1.26 bits per heavy atom. The maximum atomic E-state index is 5.70. The fourth-order valence-corrected chi connectivity index (χ4v) is 2.04. The van der Waals surface area contributed by atoms with Crippen molar-refractivity contribution < 1.29 is 0 Å². The van der Waals surface area contributed by atoms with Crippen LogP contribution in [-0.4, -0.2) is 23.5 Å². The van der Waals surface area contributed by atoms with Gasteiger partial charge in [-0.3, -0.25) is 4.90 Å². The zero-order valence-corrected chi connectivity index (χ0v) is 12.8. The Hall–Kier alpha value is -1.12. The summed E-state index contributed by atoms with van der Waals surface area (Å²) in [5.41, 5.74) is 8.51. The minimum absolute atomic E-state index is 0.150. The Labute approximate surface area is 118 Å². The van der Waals surface area contributed by atoms with E-state index in [1.54, 1.807) is 0 Å². The lowest BCUT2D eigenvalue weighted by atomic mass is 9.99. The summed E-state index contributed by atoms with van der Waals surface area (Å²) in [4.78, 5) is 2.42. The molecule has 0 aliphatic carbocycles. The van der Waals surface area contributed by atoms with Crippen LogP contribution in [-0.2, 0) is 6.54 Å². The van der Waals surface area contributed by atoms with Crippen LogP contribution in [0.3, 0.4) is 0 Å². The van der Waals surface area contributed by atoms with Gasteiger partial charge in [-0.2, -0.15) is 0 Å². The van der Waals surface area contributed by atoms with Gasteiger partial charge in [0.05, 0.1) is 0 Å². The topological polar surface area (TPSA) is 29.3 Å². The van der Waals surface area contributed by atoms with Gasteiger partial charge in [0.2, 0.25) is 0 Å². The van der Waals surface area contributed by atoms with E-state index in [9.17, 15) is 0 Å². The molecule has 2 N–H and O–H groups in total. The molecule has 19 heavy (non-hydrogen) atoms. The summed E-state index contributed by atoms with van der Waals surface area (Å²) < 4.78 is 0. The molecule has 0 aromatic heterocycles. The number of nitrogens with zero attached hydrogens (tertiary/aromatic N) is 1. The lowest BCUT2D eigenvalue weighted by Gasteiger charge is -2.35. The largest absolute Gasteiger partial charge is 0.330 e. The molecule has 0 saturated heterocycles. The van der Waals surface area contributed by atoms with E-state index in [1.807, 2.05) is 6.08 Å². The molecule has 106 valence electrons. The molecule has 1 aromatic carbocycles. The van der Waals surface area contributed by atoms with Crippen LogP contribution >= 0.6 is 0 Å². The number of benzene rings is 1. The minimum Gasteiger partial charge on any atom is -0.330 e. The average Bonchev–Trinajstić information content (AvgIpc) is 2.37. The lowest BCUT2D eigenvalue weighted by molar-refractivity contribution is 0.145. The van der Waals surface area contributed by atoms with Gasteiger partial charge in [0.15, 0.2) is 0 Å². The molecule has 1 aromatic rings. The van der Waals surface area contributed by atoms with Crippen molar-refractivity contribution >= 4 is 0 Å². The van der Waals surface area contributed by atoms with Crippen molar-refractivity contribution in [2.45, 2.75) is 45.7 Å². The van der Waals surface area contributed by atoms with Crippen molar-refractivity contribution in [3.63, 3.8) is 0 Å². The van der Waals surface area contributed by atoms with Gasteiger partial charge in [-0.1, -0.05) is 37.3 Å². The molecule has 0 bridgehead atoms. The highest BCUT2D eigenvalue weighted by atomic mass is 15.2. The van der Waals surface area contributed by atoms with Gasteiger partial charge in [0.25, 0.3) is 0 Å². The van der Waals surface area contributed by atoms with E-state index in [0.29, 0.717) is 12.5 Å². The van der Waals surface area contributed by atoms with Crippen molar-refractivity contribution in [2.75, 3.05) is 13.1 Å². The normalized spacial score (nSPS) is 13.6. The third-order valence-electron chi connectivity index (χ3n) is 3.57. The molecule has 0 saturated carbocycles. The monoisotopic (exact) mass is 260 g/mol. The minimum atomic E-state index is 0.150. The second kappa shape index (κ2) is 6.88. The van der Waals surface area contributed by atoms with E-state index in [1.165, 1.54) is 11.1 Å². The maximum absolute atomic E-state index is 5.70. The SMILES string of the molecule is C=CCN(Cc1ccc(C(C)CN)cc1)C(C)(C)C. The fourth-order valence-electron chi connectivity index (χ4n) is 2.04. The Kier molecular flexibility index (Phi) is 5.77. The third kappa shape index (κ3) is 4.81. The second-order valence-electron chi connectivity index (χ2n) is 6.22. The van der Waals surface area contributed by atoms with Crippen LogP contribution in [0, 0.1) is 0 Å². The predicted molar refractivity (Wildman–Crippen MR) is 84.3 cm³/mol. The summed E-state index contributed by atoms with van der Waals surface area (Å²) in [6.45, 7) is 15.3.